The van der Waals surface area contributed by atoms with Crippen molar-refractivity contribution >= 4 is 59.6 Å². The highest BCUT2D eigenvalue weighted by atomic mass is 79.9. The summed E-state index contributed by atoms with van der Waals surface area (Å²) in [4.78, 5) is 30.9. The van der Waals surface area contributed by atoms with Gasteiger partial charge in [-0.1, -0.05) is 15.9 Å². The van der Waals surface area contributed by atoms with Crippen LogP contribution in [0.15, 0.2) is 43.2 Å². The number of aromatic nitrogens is 4. The number of hydrogen-bond acceptors (Lipinski definition) is 7. The Morgan fingerprint density at radius 2 is 1.81 bits per heavy atom. The molecule has 27 heavy (non-hydrogen) atoms. The molecule has 142 valence electrons. The fourth-order valence-corrected chi connectivity index (χ4v) is 2.91. The molecule has 0 aromatic carbocycles. The normalized spacial score (nSPS) is 15.7. The average Bonchev–Trinajstić information content (AvgIpc) is 2.62. The Labute approximate surface area is 181 Å². The summed E-state index contributed by atoms with van der Waals surface area (Å²) in [6, 6.07) is 0.0717. The third-order valence-electron chi connectivity index (χ3n) is 3.20. The van der Waals surface area contributed by atoms with Crippen molar-refractivity contribution in [3.63, 3.8) is 0 Å². The predicted molar refractivity (Wildman–Crippen MR) is 112 cm³/mol. The lowest BCUT2D eigenvalue weighted by Gasteiger charge is -2.17. The van der Waals surface area contributed by atoms with Gasteiger partial charge in [-0.2, -0.15) is 0 Å². The molecule has 0 amide bonds. The van der Waals surface area contributed by atoms with E-state index in [9.17, 15) is 4.79 Å². The van der Waals surface area contributed by atoms with Crippen LogP contribution in [0.4, 0.5) is 0 Å². The molecule has 2 aromatic rings. The van der Waals surface area contributed by atoms with Crippen molar-refractivity contribution in [2.24, 2.45) is 4.99 Å². The molecule has 11 heteroatoms. The minimum Gasteiger partial charge on any atom is -0.476 e. The van der Waals surface area contributed by atoms with Gasteiger partial charge < -0.3 is 10.4 Å². The van der Waals surface area contributed by atoms with E-state index < -0.39 is 5.97 Å². The molecule has 0 aliphatic carbocycles. The number of aryl methyl sites for hydroxylation is 1. The molecule has 1 unspecified atom stereocenters. The number of amidine groups is 1. The van der Waals surface area contributed by atoms with Crippen molar-refractivity contribution in [3.05, 3.63) is 55.6 Å². The number of carboxylic acids is 1. The maximum atomic E-state index is 10.5. The Morgan fingerprint density at radius 1 is 1.15 bits per heavy atom. The Morgan fingerprint density at radius 3 is 2.41 bits per heavy atom. The summed E-state index contributed by atoms with van der Waals surface area (Å²) < 4.78 is 2.30. The highest BCUT2D eigenvalue weighted by molar-refractivity contribution is 9.11. The van der Waals surface area contributed by atoms with Crippen LogP contribution >= 0.6 is 47.8 Å². The lowest BCUT2D eigenvalue weighted by Crippen LogP contribution is -2.25. The van der Waals surface area contributed by atoms with E-state index in [1.54, 1.807) is 19.3 Å². The second-order valence-corrected chi connectivity index (χ2v) is 8.03. The molecule has 0 spiro atoms. The largest absolute Gasteiger partial charge is 0.476 e. The number of carbonyl (C=O) groups is 1. The maximum absolute atomic E-state index is 10.5. The van der Waals surface area contributed by atoms with E-state index in [1.807, 2.05) is 13.1 Å². The van der Waals surface area contributed by atoms with Crippen molar-refractivity contribution < 1.29 is 9.90 Å². The minimum atomic E-state index is -1.05. The van der Waals surface area contributed by atoms with Crippen LogP contribution in [0, 0.1) is 6.92 Å². The SMILES string of the molecule is CC1=NC(Cc2ncc(Br)cn2)C(Br)=CN1.Cc1ncc(Br)c(C(=O)O)n1. The van der Waals surface area contributed by atoms with E-state index in [0.717, 1.165) is 20.6 Å². The molecule has 0 fully saturated rings. The van der Waals surface area contributed by atoms with Crippen LogP contribution in [0.1, 0.15) is 29.1 Å². The highest BCUT2D eigenvalue weighted by Crippen LogP contribution is 2.19. The van der Waals surface area contributed by atoms with Gasteiger partial charge in [0.05, 0.1) is 20.8 Å². The summed E-state index contributed by atoms with van der Waals surface area (Å²) in [6.07, 6.45) is 7.52. The van der Waals surface area contributed by atoms with Gasteiger partial charge in [-0.3, -0.25) is 4.99 Å². The molecule has 0 radical (unpaired) electrons. The van der Waals surface area contributed by atoms with Crippen molar-refractivity contribution in [2.75, 3.05) is 0 Å². The van der Waals surface area contributed by atoms with Crippen LogP contribution in [0.5, 0.6) is 0 Å². The van der Waals surface area contributed by atoms with E-state index in [-0.39, 0.29) is 11.7 Å². The van der Waals surface area contributed by atoms with Gasteiger partial charge >= 0.3 is 5.97 Å². The lowest BCUT2D eigenvalue weighted by atomic mass is 10.2. The number of carboxylic acid groups (broad SMARTS) is 1. The van der Waals surface area contributed by atoms with Gasteiger partial charge in [0.2, 0.25) is 0 Å². The van der Waals surface area contributed by atoms with Crippen molar-refractivity contribution in [2.45, 2.75) is 26.3 Å². The fourth-order valence-electron chi connectivity index (χ4n) is 1.97. The van der Waals surface area contributed by atoms with Crippen LogP contribution < -0.4 is 5.32 Å². The van der Waals surface area contributed by atoms with Crippen molar-refractivity contribution in [3.8, 4) is 0 Å². The average molecular weight is 563 g/mol. The van der Waals surface area contributed by atoms with Crippen LogP contribution in [0.2, 0.25) is 0 Å². The first-order valence-corrected chi connectivity index (χ1v) is 9.99. The van der Waals surface area contributed by atoms with Gasteiger partial charge in [0.15, 0.2) is 5.69 Å². The summed E-state index contributed by atoms with van der Waals surface area (Å²) in [6.45, 7) is 3.57. The zero-order valence-corrected chi connectivity index (χ0v) is 19.1. The van der Waals surface area contributed by atoms with Crippen LogP contribution in [0.25, 0.3) is 0 Å². The van der Waals surface area contributed by atoms with Gasteiger partial charge in [-0.05, 0) is 45.7 Å². The maximum Gasteiger partial charge on any atom is 0.355 e. The summed E-state index contributed by atoms with van der Waals surface area (Å²) in [5.41, 5.74) is -0.00231. The molecule has 1 aliphatic rings. The molecule has 2 aromatic heterocycles. The Balaban J connectivity index is 0.000000208. The van der Waals surface area contributed by atoms with E-state index in [2.05, 4.69) is 78.0 Å². The molecule has 0 saturated heterocycles. The molecular formula is C16H15Br3N6O2. The molecule has 0 saturated carbocycles. The van der Waals surface area contributed by atoms with Crippen molar-refractivity contribution in [1.82, 2.24) is 25.3 Å². The fraction of sp³-hybridized carbons (Fsp3) is 0.250. The van der Waals surface area contributed by atoms with Crippen LogP contribution in [-0.4, -0.2) is 42.9 Å². The summed E-state index contributed by atoms with van der Waals surface area (Å²) in [5.74, 6) is 1.09. The van der Waals surface area contributed by atoms with E-state index >= 15 is 0 Å². The number of hydrogen-bond donors (Lipinski definition) is 2. The Hall–Kier alpha value is -1.72. The molecule has 1 atom stereocenters. The molecule has 2 N–H and O–H groups in total. The number of halogens is 3. The minimum absolute atomic E-state index is 0.00231. The Bertz CT molecular complexity index is 886. The van der Waals surface area contributed by atoms with Gasteiger partial charge in [0, 0.05) is 35.7 Å². The third kappa shape index (κ3) is 6.74. The summed E-state index contributed by atoms with van der Waals surface area (Å²) >= 11 is 9.81. The quantitative estimate of drug-likeness (QED) is 0.587. The van der Waals surface area contributed by atoms with E-state index in [4.69, 9.17) is 5.11 Å². The van der Waals surface area contributed by atoms with Gasteiger partial charge in [-0.25, -0.2) is 24.7 Å². The van der Waals surface area contributed by atoms with Crippen LogP contribution in [-0.2, 0) is 6.42 Å². The molecule has 0 bridgehead atoms. The first-order chi connectivity index (χ1) is 12.8. The topological polar surface area (TPSA) is 113 Å². The predicted octanol–water partition coefficient (Wildman–Crippen LogP) is 3.65. The van der Waals surface area contributed by atoms with Crippen molar-refractivity contribution in [1.29, 1.82) is 0 Å². The highest BCUT2D eigenvalue weighted by Gasteiger charge is 2.17. The number of aliphatic imine (C=N–C) groups is 1. The first kappa shape index (κ1) is 21.6. The monoisotopic (exact) mass is 560 g/mol. The van der Waals surface area contributed by atoms with Crippen LogP contribution in [0.3, 0.4) is 0 Å². The number of nitrogens with one attached hydrogen (secondary N) is 1. The third-order valence-corrected chi connectivity index (χ3v) is 4.95. The zero-order chi connectivity index (χ0) is 20.0. The summed E-state index contributed by atoms with van der Waals surface area (Å²) in [7, 11) is 0. The lowest BCUT2D eigenvalue weighted by molar-refractivity contribution is 0.0689. The van der Waals surface area contributed by atoms with E-state index in [0.29, 0.717) is 16.7 Å². The number of aromatic carboxylic acids is 1. The molecule has 8 nitrogen and oxygen atoms in total. The summed E-state index contributed by atoms with van der Waals surface area (Å²) in [5, 5.41) is 11.6. The standard InChI is InChI=1S/C10H10Br2N4.C6H5BrN2O2/c1-6-13-5-8(12)9(16-6)2-10-14-3-7(11)4-15-10;1-3-8-2-4(7)5(9-3)6(10)11/h3-5,9H,2H2,1H3,(H,13,16);2H,1H3,(H,10,11). The van der Waals surface area contributed by atoms with Gasteiger partial charge in [-0.15, -0.1) is 0 Å². The van der Waals surface area contributed by atoms with Gasteiger partial charge in [0.1, 0.15) is 11.6 Å². The smallest absolute Gasteiger partial charge is 0.355 e. The molecular weight excluding hydrogens is 548 g/mol. The number of rotatable bonds is 3. The number of nitrogens with zero attached hydrogens (tertiary/aromatic N) is 5. The zero-order valence-electron chi connectivity index (χ0n) is 14.3. The molecule has 1 aliphatic heterocycles. The Kier molecular flexibility index (Phi) is 7.99. The van der Waals surface area contributed by atoms with E-state index in [1.165, 1.54) is 6.20 Å². The molecule has 3 rings (SSSR count). The molecule has 3 heterocycles. The second-order valence-electron chi connectivity index (χ2n) is 5.34. The first-order valence-electron chi connectivity index (χ1n) is 7.61. The van der Waals surface area contributed by atoms with Gasteiger partial charge in [0.25, 0.3) is 0 Å². The second kappa shape index (κ2) is 10.00.